The minimum atomic E-state index is -0.768. The van der Waals surface area contributed by atoms with Crippen molar-refractivity contribution < 1.29 is 9.90 Å². The zero-order valence-corrected chi connectivity index (χ0v) is 19.6. The number of aromatic nitrogens is 2. The van der Waals surface area contributed by atoms with Gasteiger partial charge in [-0.2, -0.15) is 5.10 Å². The Kier molecular flexibility index (Phi) is 6.78. The average molecular weight is 442 g/mol. The Morgan fingerprint density at radius 3 is 2.39 bits per heavy atom. The molecular formula is C28H31N3O2. The number of nitrogens with zero attached hydrogens (tertiary/aromatic N) is 3. The van der Waals surface area contributed by atoms with E-state index in [9.17, 15) is 4.79 Å². The number of hydrogen-bond acceptors (Lipinski definition) is 3. The van der Waals surface area contributed by atoms with Crippen LogP contribution < -0.4 is 4.90 Å². The van der Waals surface area contributed by atoms with Gasteiger partial charge >= 0.3 is 5.97 Å². The molecule has 1 aromatic heterocycles. The van der Waals surface area contributed by atoms with Crippen LogP contribution in [0.15, 0.2) is 66.9 Å². The average Bonchev–Trinajstić information content (AvgIpc) is 3.24. The fourth-order valence-electron chi connectivity index (χ4n) is 4.26. The number of carbonyl (C=O) groups is 1. The van der Waals surface area contributed by atoms with Crippen molar-refractivity contribution in [3.8, 4) is 11.1 Å². The van der Waals surface area contributed by atoms with Crippen molar-refractivity contribution in [1.29, 1.82) is 0 Å². The molecule has 5 heteroatoms. The summed E-state index contributed by atoms with van der Waals surface area (Å²) in [5.74, 6) is -0.768. The number of anilines is 1. The van der Waals surface area contributed by atoms with E-state index in [-0.39, 0.29) is 6.42 Å². The molecule has 0 saturated carbocycles. The van der Waals surface area contributed by atoms with Crippen LogP contribution >= 0.6 is 0 Å². The maximum Gasteiger partial charge on any atom is 0.303 e. The normalized spacial score (nSPS) is 11.1. The number of aliphatic carboxylic acids is 1. The van der Waals surface area contributed by atoms with Crippen LogP contribution in [-0.2, 0) is 30.6 Å². The Balaban J connectivity index is 1.65. The summed E-state index contributed by atoms with van der Waals surface area (Å²) in [5.41, 5.74) is 8.28. The van der Waals surface area contributed by atoms with Gasteiger partial charge in [-0.1, -0.05) is 36.4 Å². The maximum absolute atomic E-state index is 11.1. The summed E-state index contributed by atoms with van der Waals surface area (Å²) in [5, 5.41) is 14.7. The van der Waals surface area contributed by atoms with Gasteiger partial charge in [0, 0.05) is 38.1 Å². The van der Waals surface area contributed by atoms with Gasteiger partial charge in [0.25, 0.3) is 0 Å². The molecule has 0 unspecified atom stereocenters. The minimum Gasteiger partial charge on any atom is -0.481 e. The summed E-state index contributed by atoms with van der Waals surface area (Å²) < 4.78 is 2.00. The molecule has 0 saturated heterocycles. The summed E-state index contributed by atoms with van der Waals surface area (Å²) in [6.45, 7) is 2.93. The molecule has 4 aromatic rings. The van der Waals surface area contributed by atoms with E-state index < -0.39 is 5.97 Å². The van der Waals surface area contributed by atoms with Crippen LogP contribution in [0.1, 0.15) is 30.0 Å². The first kappa shape index (κ1) is 22.6. The number of aryl methyl sites for hydroxylation is 4. The molecule has 0 aliphatic heterocycles. The number of fused-ring (bicyclic) bond motifs is 1. The second-order valence-corrected chi connectivity index (χ2v) is 8.68. The lowest BCUT2D eigenvalue weighted by Crippen LogP contribution is -2.08. The van der Waals surface area contributed by atoms with Crippen molar-refractivity contribution in [3.63, 3.8) is 0 Å². The van der Waals surface area contributed by atoms with Gasteiger partial charge < -0.3 is 10.0 Å². The number of carboxylic acid groups (broad SMARTS) is 1. The predicted molar refractivity (Wildman–Crippen MR) is 135 cm³/mol. The molecule has 1 N–H and O–H groups in total. The fraction of sp³-hybridized carbons (Fsp3) is 0.286. The zero-order valence-electron chi connectivity index (χ0n) is 19.6. The Labute approximate surface area is 195 Å². The maximum atomic E-state index is 11.1. The van der Waals surface area contributed by atoms with E-state index >= 15 is 0 Å². The van der Waals surface area contributed by atoms with Crippen molar-refractivity contribution in [1.82, 2.24) is 9.78 Å². The minimum absolute atomic E-state index is 0.138. The second-order valence-electron chi connectivity index (χ2n) is 8.68. The van der Waals surface area contributed by atoms with E-state index in [1.807, 2.05) is 25.0 Å². The lowest BCUT2D eigenvalue weighted by atomic mass is 9.92. The summed E-state index contributed by atoms with van der Waals surface area (Å²) in [4.78, 5) is 13.2. The molecule has 0 spiro atoms. The molecule has 0 amide bonds. The van der Waals surface area contributed by atoms with E-state index in [1.54, 1.807) is 0 Å². The summed E-state index contributed by atoms with van der Waals surface area (Å²) in [6, 6.07) is 21.6. The molecule has 0 fully saturated rings. The van der Waals surface area contributed by atoms with Crippen LogP contribution in [0.2, 0.25) is 0 Å². The molecule has 0 aliphatic rings. The Morgan fingerprint density at radius 1 is 0.939 bits per heavy atom. The Morgan fingerprint density at radius 2 is 1.70 bits per heavy atom. The highest BCUT2D eigenvalue weighted by Crippen LogP contribution is 2.30. The lowest BCUT2D eigenvalue weighted by Gasteiger charge is -2.14. The van der Waals surface area contributed by atoms with Crippen LogP contribution in [0.3, 0.4) is 0 Å². The largest absolute Gasteiger partial charge is 0.481 e. The van der Waals surface area contributed by atoms with Gasteiger partial charge in [-0.25, -0.2) is 0 Å². The van der Waals surface area contributed by atoms with E-state index in [2.05, 4.69) is 77.6 Å². The third kappa shape index (κ3) is 5.25. The predicted octanol–water partition coefficient (Wildman–Crippen LogP) is 5.59. The summed E-state index contributed by atoms with van der Waals surface area (Å²) in [7, 11) is 4.10. The Hall–Kier alpha value is -3.60. The topological polar surface area (TPSA) is 58.4 Å². The Bertz CT molecular complexity index is 1260. The first-order valence-electron chi connectivity index (χ1n) is 11.5. The molecule has 5 nitrogen and oxygen atoms in total. The van der Waals surface area contributed by atoms with Gasteiger partial charge in [0.2, 0.25) is 0 Å². The second kappa shape index (κ2) is 9.90. The van der Waals surface area contributed by atoms with Crippen LogP contribution in [0.25, 0.3) is 22.0 Å². The third-order valence-electron chi connectivity index (χ3n) is 6.19. The van der Waals surface area contributed by atoms with Gasteiger partial charge in [0.05, 0.1) is 11.7 Å². The van der Waals surface area contributed by atoms with Crippen LogP contribution in [0.5, 0.6) is 0 Å². The standard InChI is InChI=1S/C28H31N3O2/c1-4-31-27-15-12-23(18-24(27)19-29-31)26-17-21(9-16-28(32)33)6-11-22(26)10-5-20-7-13-25(14-8-20)30(2)3/h6-8,11-15,17-19H,4-5,9-10,16H2,1-3H3,(H,32,33). The molecule has 0 aliphatic carbocycles. The fourth-order valence-corrected chi connectivity index (χ4v) is 4.26. The highest BCUT2D eigenvalue weighted by atomic mass is 16.4. The molecular weight excluding hydrogens is 410 g/mol. The van der Waals surface area contributed by atoms with Crippen LogP contribution in [0, 0.1) is 0 Å². The summed E-state index contributed by atoms with van der Waals surface area (Å²) in [6.07, 6.45) is 4.46. The van der Waals surface area contributed by atoms with Gasteiger partial charge in [0.15, 0.2) is 0 Å². The van der Waals surface area contributed by atoms with Crippen molar-refractivity contribution in [2.45, 2.75) is 39.2 Å². The van der Waals surface area contributed by atoms with Gasteiger partial charge in [0.1, 0.15) is 0 Å². The van der Waals surface area contributed by atoms with Gasteiger partial charge in [-0.05, 0) is 78.3 Å². The zero-order chi connectivity index (χ0) is 23.4. The SMILES string of the molecule is CCn1ncc2cc(-c3cc(CCC(=O)O)ccc3CCc3ccc(N(C)C)cc3)ccc21. The molecule has 4 rings (SSSR count). The summed E-state index contributed by atoms with van der Waals surface area (Å²) >= 11 is 0. The van der Waals surface area contributed by atoms with Gasteiger partial charge in [-0.3, -0.25) is 9.48 Å². The third-order valence-corrected chi connectivity index (χ3v) is 6.19. The number of hydrogen-bond donors (Lipinski definition) is 1. The molecule has 33 heavy (non-hydrogen) atoms. The highest BCUT2D eigenvalue weighted by Gasteiger charge is 2.11. The molecule has 0 bridgehead atoms. The highest BCUT2D eigenvalue weighted by molar-refractivity contribution is 5.85. The molecule has 170 valence electrons. The molecule has 3 aromatic carbocycles. The lowest BCUT2D eigenvalue weighted by molar-refractivity contribution is -0.136. The van der Waals surface area contributed by atoms with E-state index in [4.69, 9.17) is 5.11 Å². The van der Waals surface area contributed by atoms with Crippen molar-refractivity contribution in [3.05, 3.63) is 83.6 Å². The van der Waals surface area contributed by atoms with Crippen LogP contribution in [0.4, 0.5) is 5.69 Å². The first-order chi connectivity index (χ1) is 15.9. The van der Waals surface area contributed by atoms with E-state index in [0.717, 1.165) is 41.4 Å². The monoisotopic (exact) mass is 441 g/mol. The smallest absolute Gasteiger partial charge is 0.303 e. The number of rotatable bonds is 9. The number of benzene rings is 3. The molecule has 1 heterocycles. The quantitative estimate of drug-likeness (QED) is 0.368. The van der Waals surface area contributed by atoms with Crippen molar-refractivity contribution in [2.24, 2.45) is 0 Å². The van der Waals surface area contributed by atoms with Crippen molar-refractivity contribution in [2.75, 3.05) is 19.0 Å². The van der Waals surface area contributed by atoms with E-state index in [1.165, 1.54) is 22.4 Å². The molecule has 0 radical (unpaired) electrons. The van der Waals surface area contributed by atoms with Crippen molar-refractivity contribution >= 4 is 22.6 Å². The van der Waals surface area contributed by atoms with Crippen LogP contribution in [-0.4, -0.2) is 35.0 Å². The molecule has 0 atom stereocenters. The number of carboxylic acids is 1. The first-order valence-corrected chi connectivity index (χ1v) is 11.5. The van der Waals surface area contributed by atoms with Gasteiger partial charge in [-0.15, -0.1) is 0 Å². The van der Waals surface area contributed by atoms with E-state index in [0.29, 0.717) is 6.42 Å².